The molecule has 0 atom stereocenters. The Balaban J connectivity index is 1.42. The first-order valence-electron chi connectivity index (χ1n) is 19.1. The molecular formula is C53H37NO. The normalized spacial score (nSPS) is 14.4. The zero-order valence-electron chi connectivity index (χ0n) is 30.8. The molecule has 260 valence electrons. The summed E-state index contributed by atoms with van der Waals surface area (Å²) in [5.41, 5.74) is 14.7. The van der Waals surface area contributed by atoms with E-state index < -0.39 is 5.41 Å². The Morgan fingerprint density at radius 1 is 0.400 bits per heavy atom. The van der Waals surface area contributed by atoms with Crippen LogP contribution < -0.4 is 5.56 Å². The lowest BCUT2D eigenvalue weighted by atomic mass is 9.53. The van der Waals surface area contributed by atoms with Gasteiger partial charge in [-0.3, -0.25) is 9.36 Å². The van der Waals surface area contributed by atoms with E-state index in [1.165, 1.54) is 22.3 Å². The second kappa shape index (κ2) is 11.6. The van der Waals surface area contributed by atoms with E-state index in [0.29, 0.717) is 0 Å². The summed E-state index contributed by atoms with van der Waals surface area (Å²) in [6.45, 7) is 4.71. The summed E-state index contributed by atoms with van der Waals surface area (Å²) < 4.78 is 2.05. The maximum absolute atomic E-state index is 15.7. The maximum Gasteiger partial charge on any atom is 0.264 e. The molecule has 1 aromatic heterocycles. The molecular weight excluding hydrogens is 667 g/mol. The van der Waals surface area contributed by atoms with Crippen molar-refractivity contribution in [3.05, 3.63) is 232 Å². The molecule has 1 aliphatic carbocycles. The smallest absolute Gasteiger partial charge is 0.264 e. The SMILES string of the molecule is CC1(C)c2ccccc2C2(c3cc(-c4ccccc4)ccc3-n3c(=O)c4c(-c5ccccc5)cccc4c4cc(-c5ccccc5)cc2c43)c2ccccc21. The fourth-order valence-corrected chi connectivity index (χ4v) is 10.0. The molecule has 0 amide bonds. The van der Waals surface area contributed by atoms with Crippen LogP contribution in [0.3, 0.4) is 0 Å². The van der Waals surface area contributed by atoms with Gasteiger partial charge < -0.3 is 0 Å². The first-order chi connectivity index (χ1) is 27.0. The number of hydrogen-bond donors (Lipinski definition) is 0. The average molecular weight is 704 g/mol. The Labute approximate surface area is 320 Å². The van der Waals surface area contributed by atoms with Crippen LogP contribution in [0.1, 0.15) is 47.2 Å². The lowest BCUT2D eigenvalue weighted by molar-refractivity contribution is 0.555. The Morgan fingerprint density at radius 3 is 1.55 bits per heavy atom. The first-order valence-corrected chi connectivity index (χ1v) is 19.1. The van der Waals surface area contributed by atoms with E-state index in [9.17, 15) is 0 Å². The summed E-state index contributed by atoms with van der Waals surface area (Å²) in [6, 6.07) is 67.6. The summed E-state index contributed by atoms with van der Waals surface area (Å²) in [5.74, 6) is 0. The minimum absolute atomic E-state index is 0.00284. The summed E-state index contributed by atoms with van der Waals surface area (Å²) in [5, 5.41) is 2.77. The predicted octanol–water partition coefficient (Wildman–Crippen LogP) is 12.5. The fourth-order valence-electron chi connectivity index (χ4n) is 10.0. The molecule has 0 unspecified atom stereocenters. The van der Waals surface area contributed by atoms with Crippen molar-refractivity contribution in [3.63, 3.8) is 0 Å². The zero-order valence-corrected chi connectivity index (χ0v) is 30.8. The van der Waals surface area contributed by atoms with Gasteiger partial charge in [0.05, 0.1) is 22.0 Å². The molecule has 0 saturated carbocycles. The van der Waals surface area contributed by atoms with E-state index >= 15 is 4.79 Å². The van der Waals surface area contributed by atoms with Gasteiger partial charge in [0.1, 0.15) is 0 Å². The zero-order chi connectivity index (χ0) is 36.9. The number of aromatic nitrogens is 1. The lowest BCUT2D eigenvalue weighted by Gasteiger charge is -2.50. The quantitative estimate of drug-likeness (QED) is 0.168. The van der Waals surface area contributed by atoms with Gasteiger partial charge in [-0.25, -0.2) is 0 Å². The summed E-state index contributed by atoms with van der Waals surface area (Å²) in [7, 11) is 0. The minimum atomic E-state index is -0.733. The summed E-state index contributed by atoms with van der Waals surface area (Å²) in [6.07, 6.45) is 0. The molecule has 55 heavy (non-hydrogen) atoms. The van der Waals surface area contributed by atoms with Crippen molar-refractivity contribution in [2.45, 2.75) is 24.7 Å². The van der Waals surface area contributed by atoms with E-state index in [0.717, 1.165) is 71.9 Å². The van der Waals surface area contributed by atoms with Gasteiger partial charge in [0.25, 0.3) is 5.56 Å². The molecule has 2 heterocycles. The first kappa shape index (κ1) is 31.7. The van der Waals surface area contributed by atoms with E-state index in [1.54, 1.807) is 0 Å². The molecule has 8 aromatic carbocycles. The van der Waals surface area contributed by atoms with Crippen LogP contribution in [-0.4, -0.2) is 4.57 Å². The molecule has 0 fully saturated rings. The fraction of sp³-hybridized carbons (Fsp3) is 0.0755. The Hall–Kier alpha value is -6.77. The van der Waals surface area contributed by atoms with Crippen LogP contribution in [0.4, 0.5) is 0 Å². The van der Waals surface area contributed by atoms with E-state index in [1.807, 2.05) is 18.2 Å². The predicted molar refractivity (Wildman–Crippen MR) is 227 cm³/mol. The van der Waals surface area contributed by atoms with Gasteiger partial charge in [0, 0.05) is 10.8 Å². The number of benzene rings is 8. The van der Waals surface area contributed by atoms with Crippen molar-refractivity contribution in [1.82, 2.24) is 4.57 Å². The highest BCUT2D eigenvalue weighted by Gasteiger charge is 2.52. The topological polar surface area (TPSA) is 22.0 Å². The van der Waals surface area contributed by atoms with Gasteiger partial charge in [-0.2, -0.15) is 0 Å². The van der Waals surface area contributed by atoms with Crippen molar-refractivity contribution in [1.29, 1.82) is 0 Å². The maximum atomic E-state index is 15.7. The second-order valence-electron chi connectivity index (χ2n) is 15.6. The molecule has 0 saturated heterocycles. The molecule has 11 rings (SSSR count). The average Bonchev–Trinajstić information content (AvgIpc) is 3.25. The molecule has 2 heteroatoms. The molecule has 0 bridgehead atoms. The van der Waals surface area contributed by atoms with Crippen molar-refractivity contribution >= 4 is 21.7 Å². The van der Waals surface area contributed by atoms with Crippen LogP contribution in [0, 0.1) is 0 Å². The van der Waals surface area contributed by atoms with Crippen molar-refractivity contribution < 1.29 is 0 Å². The van der Waals surface area contributed by atoms with E-state index in [-0.39, 0.29) is 11.0 Å². The van der Waals surface area contributed by atoms with Gasteiger partial charge in [-0.15, -0.1) is 0 Å². The van der Waals surface area contributed by atoms with Gasteiger partial charge in [0.2, 0.25) is 0 Å². The van der Waals surface area contributed by atoms with Gasteiger partial charge >= 0.3 is 0 Å². The highest BCUT2D eigenvalue weighted by molar-refractivity contribution is 6.14. The standard InChI is InChI=1S/C53H37NO/c1-52(2)42-25-12-14-27-44(42)53(45-28-15-13-26-43(45)52)46-32-37(34-17-6-3-7-18-34)29-30-48(46)54-50-41(31-38(33-47(50)53)35-19-8-4-9-20-35)40-24-16-23-39(49(40)51(54)55)36-21-10-5-11-22-36/h3-33H,1-2H3. The third-order valence-electron chi connectivity index (χ3n) is 12.5. The third-order valence-corrected chi connectivity index (χ3v) is 12.5. The van der Waals surface area contributed by atoms with Gasteiger partial charge in [0.15, 0.2) is 0 Å². The molecule has 2 aliphatic rings. The lowest BCUT2D eigenvalue weighted by Crippen LogP contribution is -2.45. The largest absolute Gasteiger partial charge is 0.276 e. The van der Waals surface area contributed by atoms with Crippen molar-refractivity contribution in [2.75, 3.05) is 0 Å². The number of hydrogen-bond acceptors (Lipinski definition) is 1. The van der Waals surface area contributed by atoms with Crippen LogP contribution in [0.2, 0.25) is 0 Å². The van der Waals surface area contributed by atoms with Crippen LogP contribution in [-0.2, 0) is 10.8 Å². The Morgan fingerprint density at radius 2 is 0.927 bits per heavy atom. The molecule has 9 aromatic rings. The van der Waals surface area contributed by atoms with Crippen molar-refractivity contribution in [3.8, 4) is 39.1 Å². The van der Waals surface area contributed by atoms with E-state index in [4.69, 9.17) is 0 Å². The monoisotopic (exact) mass is 703 g/mol. The highest BCUT2D eigenvalue weighted by Crippen LogP contribution is 2.60. The number of nitrogens with zero attached hydrogens (tertiary/aromatic N) is 1. The number of rotatable bonds is 3. The van der Waals surface area contributed by atoms with Crippen LogP contribution in [0.15, 0.2) is 193 Å². The Kier molecular flexibility index (Phi) is 6.70. The van der Waals surface area contributed by atoms with E-state index in [2.05, 4.69) is 188 Å². The Bertz CT molecular complexity index is 3020. The molecule has 0 radical (unpaired) electrons. The minimum Gasteiger partial charge on any atom is -0.276 e. The molecule has 1 aliphatic heterocycles. The van der Waals surface area contributed by atoms with Crippen molar-refractivity contribution in [2.24, 2.45) is 0 Å². The van der Waals surface area contributed by atoms with Gasteiger partial charge in [-0.1, -0.05) is 178 Å². The second-order valence-corrected chi connectivity index (χ2v) is 15.6. The number of pyridine rings is 1. The summed E-state index contributed by atoms with van der Waals surface area (Å²) in [4.78, 5) is 15.7. The highest BCUT2D eigenvalue weighted by atomic mass is 16.1. The summed E-state index contributed by atoms with van der Waals surface area (Å²) >= 11 is 0. The van der Waals surface area contributed by atoms with Crippen LogP contribution >= 0.6 is 0 Å². The third kappa shape index (κ3) is 4.28. The molecule has 2 nitrogen and oxygen atoms in total. The van der Waals surface area contributed by atoms with Crippen LogP contribution in [0.5, 0.6) is 0 Å². The molecule has 1 spiro atoms. The van der Waals surface area contributed by atoms with Crippen LogP contribution in [0.25, 0.3) is 60.7 Å². The van der Waals surface area contributed by atoms with Gasteiger partial charge in [-0.05, 0) is 96.4 Å². The molecule has 0 N–H and O–H groups in total. The number of fused-ring (bicyclic) bond motifs is 10.